The Kier molecular flexibility index (Phi) is 6.06. The SMILES string of the molecule is Cc1ccccc1Nc1nnc(S[C@H](C)C(=O)Nc2cccc(C#N)c2)s1. The number of amides is 1. The lowest BCUT2D eigenvalue weighted by Crippen LogP contribution is -2.22. The van der Waals surface area contributed by atoms with Crippen molar-refractivity contribution >= 4 is 45.5 Å². The van der Waals surface area contributed by atoms with Crippen molar-refractivity contribution in [2.45, 2.75) is 23.4 Å². The molecule has 0 aliphatic rings. The fourth-order valence-corrected chi connectivity index (χ4v) is 4.16. The van der Waals surface area contributed by atoms with E-state index in [1.165, 1.54) is 23.1 Å². The Morgan fingerprint density at radius 3 is 2.81 bits per heavy atom. The quantitative estimate of drug-likeness (QED) is 0.594. The van der Waals surface area contributed by atoms with Crippen molar-refractivity contribution < 1.29 is 4.79 Å². The molecule has 0 unspecified atom stereocenters. The van der Waals surface area contributed by atoms with E-state index in [2.05, 4.69) is 26.9 Å². The Morgan fingerprint density at radius 2 is 2.04 bits per heavy atom. The van der Waals surface area contributed by atoms with Gasteiger partial charge in [-0.15, -0.1) is 10.2 Å². The van der Waals surface area contributed by atoms with Crippen molar-refractivity contribution in [3.8, 4) is 6.07 Å². The van der Waals surface area contributed by atoms with Crippen LogP contribution in [0.5, 0.6) is 0 Å². The third-order valence-electron chi connectivity index (χ3n) is 3.70. The Hall–Kier alpha value is -2.89. The molecule has 2 N–H and O–H groups in total. The van der Waals surface area contributed by atoms with E-state index in [-0.39, 0.29) is 11.2 Å². The minimum absolute atomic E-state index is 0.154. The number of rotatable bonds is 6. The van der Waals surface area contributed by atoms with Crippen molar-refractivity contribution in [3.63, 3.8) is 0 Å². The van der Waals surface area contributed by atoms with Crippen molar-refractivity contribution in [2.75, 3.05) is 10.6 Å². The highest BCUT2D eigenvalue weighted by Crippen LogP contribution is 2.31. The predicted octanol–water partition coefficient (Wildman–Crippen LogP) is 4.58. The predicted molar refractivity (Wildman–Crippen MR) is 109 cm³/mol. The van der Waals surface area contributed by atoms with Gasteiger partial charge in [0.1, 0.15) is 0 Å². The zero-order chi connectivity index (χ0) is 19.2. The first-order valence-corrected chi connectivity index (χ1v) is 9.88. The molecule has 0 saturated carbocycles. The van der Waals surface area contributed by atoms with Crippen molar-refractivity contribution in [2.24, 2.45) is 0 Å². The van der Waals surface area contributed by atoms with E-state index in [1.807, 2.05) is 38.1 Å². The Bertz CT molecular complexity index is 996. The standard InChI is InChI=1S/C19H17N5OS2/c1-12-6-3-4-9-16(12)22-18-23-24-19(27-18)26-13(2)17(25)21-15-8-5-7-14(10-15)11-20/h3-10,13H,1-2H3,(H,21,25)(H,22,23)/t13-/m1/s1. The van der Waals surface area contributed by atoms with Crippen LogP contribution in [-0.4, -0.2) is 21.4 Å². The van der Waals surface area contributed by atoms with Crippen molar-refractivity contribution in [1.29, 1.82) is 5.26 Å². The van der Waals surface area contributed by atoms with Crippen LogP contribution in [0.2, 0.25) is 0 Å². The van der Waals surface area contributed by atoms with E-state index in [1.54, 1.807) is 24.3 Å². The number of hydrogen-bond donors (Lipinski definition) is 2. The number of anilines is 3. The van der Waals surface area contributed by atoms with Gasteiger partial charge >= 0.3 is 0 Å². The molecule has 2 aromatic carbocycles. The minimum atomic E-state index is -0.352. The molecule has 3 rings (SSSR count). The Morgan fingerprint density at radius 1 is 1.22 bits per heavy atom. The van der Waals surface area contributed by atoms with Crippen LogP contribution in [0, 0.1) is 18.3 Å². The van der Waals surface area contributed by atoms with Crippen LogP contribution in [0.15, 0.2) is 52.9 Å². The fraction of sp³-hybridized carbons (Fsp3) is 0.158. The molecule has 0 aliphatic carbocycles. The van der Waals surface area contributed by atoms with Gasteiger partial charge in [0, 0.05) is 11.4 Å². The molecule has 0 fully saturated rings. The zero-order valence-electron chi connectivity index (χ0n) is 14.8. The summed E-state index contributed by atoms with van der Waals surface area (Å²) in [7, 11) is 0. The van der Waals surface area contributed by atoms with E-state index >= 15 is 0 Å². The van der Waals surface area contributed by atoms with Crippen LogP contribution in [0.4, 0.5) is 16.5 Å². The van der Waals surface area contributed by atoms with E-state index < -0.39 is 0 Å². The molecule has 27 heavy (non-hydrogen) atoms. The first-order valence-electron chi connectivity index (χ1n) is 8.19. The first-order chi connectivity index (χ1) is 13.0. The largest absolute Gasteiger partial charge is 0.330 e. The summed E-state index contributed by atoms with van der Waals surface area (Å²) in [6.07, 6.45) is 0. The monoisotopic (exact) mass is 395 g/mol. The average Bonchev–Trinajstić information content (AvgIpc) is 3.10. The summed E-state index contributed by atoms with van der Waals surface area (Å²) in [5.74, 6) is -0.154. The zero-order valence-corrected chi connectivity index (χ0v) is 16.4. The van der Waals surface area contributed by atoms with Crippen LogP contribution < -0.4 is 10.6 Å². The number of benzene rings is 2. The van der Waals surface area contributed by atoms with Gasteiger partial charge in [-0.05, 0) is 43.7 Å². The third-order valence-corrected chi connectivity index (χ3v) is 5.72. The van der Waals surface area contributed by atoms with Gasteiger partial charge in [-0.25, -0.2) is 0 Å². The molecule has 6 nitrogen and oxygen atoms in total. The lowest BCUT2D eigenvalue weighted by atomic mass is 10.2. The second-order valence-corrected chi connectivity index (χ2v) is 8.32. The molecule has 0 aliphatic heterocycles. The second kappa shape index (κ2) is 8.66. The fourth-order valence-electron chi connectivity index (χ4n) is 2.25. The number of aromatic nitrogens is 2. The highest BCUT2D eigenvalue weighted by molar-refractivity contribution is 8.02. The number of carbonyl (C=O) groups excluding carboxylic acids is 1. The lowest BCUT2D eigenvalue weighted by Gasteiger charge is -2.10. The van der Waals surface area contributed by atoms with E-state index in [9.17, 15) is 4.79 Å². The normalized spacial score (nSPS) is 11.4. The van der Waals surface area contributed by atoms with Gasteiger partial charge in [-0.2, -0.15) is 5.26 Å². The number of para-hydroxylation sites is 1. The molecule has 0 radical (unpaired) electrons. The second-order valence-electron chi connectivity index (χ2n) is 5.75. The maximum Gasteiger partial charge on any atom is 0.237 e. The highest BCUT2D eigenvalue weighted by atomic mass is 32.2. The van der Waals surface area contributed by atoms with E-state index in [4.69, 9.17) is 5.26 Å². The van der Waals surface area contributed by atoms with Gasteiger partial charge in [0.05, 0.1) is 16.9 Å². The van der Waals surface area contributed by atoms with Crippen LogP contribution in [0.25, 0.3) is 0 Å². The van der Waals surface area contributed by atoms with Crippen molar-refractivity contribution in [3.05, 3.63) is 59.7 Å². The Labute approximate surface area is 165 Å². The summed E-state index contributed by atoms with van der Waals surface area (Å²) in [5.41, 5.74) is 3.21. The smallest absolute Gasteiger partial charge is 0.237 e. The van der Waals surface area contributed by atoms with Gasteiger partial charge in [-0.1, -0.05) is 47.4 Å². The number of thioether (sulfide) groups is 1. The molecule has 3 aromatic rings. The van der Waals surface area contributed by atoms with E-state index in [0.29, 0.717) is 20.7 Å². The molecule has 0 spiro atoms. The minimum Gasteiger partial charge on any atom is -0.330 e. The molecule has 8 heteroatoms. The highest BCUT2D eigenvalue weighted by Gasteiger charge is 2.17. The summed E-state index contributed by atoms with van der Waals surface area (Å²) in [6, 6.07) is 16.8. The molecule has 0 saturated heterocycles. The molecule has 1 atom stereocenters. The van der Waals surface area contributed by atoms with Gasteiger partial charge in [0.25, 0.3) is 0 Å². The average molecular weight is 396 g/mol. The number of aryl methyl sites for hydroxylation is 1. The molecule has 1 amide bonds. The summed E-state index contributed by atoms with van der Waals surface area (Å²) < 4.78 is 0.708. The number of nitrogens with one attached hydrogen (secondary N) is 2. The summed E-state index contributed by atoms with van der Waals surface area (Å²) in [4.78, 5) is 12.4. The summed E-state index contributed by atoms with van der Waals surface area (Å²) in [5, 5.41) is 23.6. The number of hydrogen-bond acceptors (Lipinski definition) is 7. The number of nitriles is 1. The van der Waals surface area contributed by atoms with Crippen LogP contribution in [0.3, 0.4) is 0 Å². The van der Waals surface area contributed by atoms with E-state index in [0.717, 1.165) is 11.3 Å². The van der Waals surface area contributed by atoms with Crippen LogP contribution in [0.1, 0.15) is 18.1 Å². The summed E-state index contributed by atoms with van der Waals surface area (Å²) >= 11 is 2.75. The maximum absolute atomic E-state index is 12.4. The topological polar surface area (TPSA) is 90.7 Å². The number of carbonyl (C=O) groups is 1. The third kappa shape index (κ3) is 5.06. The molecule has 0 bridgehead atoms. The van der Waals surface area contributed by atoms with Crippen LogP contribution in [-0.2, 0) is 4.79 Å². The molecule has 1 aromatic heterocycles. The molecule has 1 heterocycles. The van der Waals surface area contributed by atoms with Gasteiger partial charge < -0.3 is 10.6 Å². The molecular formula is C19H17N5OS2. The van der Waals surface area contributed by atoms with Gasteiger partial charge in [0.2, 0.25) is 11.0 Å². The molecular weight excluding hydrogens is 378 g/mol. The molecule has 136 valence electrons. The van der Waals surface area contributed by atoms with Gasteiger partial charge in [0.15, 0.2) is 4.34 Å². The maximum atomic E-state index is 12.4. The van der Waals surface area contributed by atoms with Crippen LogP contribution >= 0.6 is 23.1 Å². The van der Waals surface area contributed by atoms with Crippen molar-refractivity contribution in [1.82, 2.24) is 10.2 Å². The first kappa shape index (κ1) is 18.9. The van der Waals surface area contributed by atoms with Gasteiger partial charge in [-0.3, -0.25) is 4.79 Å². The summed E-state index contributed by atoms with van der Waals surface area (Å²) in [6.45, 7) is 3.83. The lowest BCUT2D eigenvalue weighted by molar-refractivity contribution is -0.115. The Balaban J connectivity index is 1.60. The number of nitrogens with zero attached hydrogens (tertiary/aromatic N) is 3.